The molecule has 0 amide bonds. The van der Waals surface area contributed by atoms with Gasteiger partial charge in [-0.1, -0.05) is 58.4 Å². The van der Waals surface area contributed by atoms with Crippen LogP contribution < -0.4 is 0 Å². The number of fused-ring (bicyclic) bond motifs is 1. The summed E-state index contributed by atoms with van der Waals surface area (Å²) < 4.78 is 0. The molecule has 0 fully saturated rings. The Morgan fingerprint density at radius 1 is 1.06 bits per heavy atom. The number of unbranched alkanes of at least 4 members (excludes halogenated alkanes) is 1. The average Bonchev–Trinajstić information content (AvgIpc) is 3.11. The van der Waals surface area contributed by atoms with Gasteiger partial charge in [0.05, 0.1) is 11.0 Å². The number of hydrogen-bond acceptors (Lipinski definition) is 2. The maximum atomic E-state index is 4.53. The van der Waals surface area contributed by atoms with E-state index in [1.807, 2.05) is 6.92 Å². The van der Waals surface area contributed by atoms with Crippen molar-refractivity contribution in [2.24, 2.45) is 5.92 Å². The number of nitrogens with one attached hydrogen (secondary N) is 1. The molecule has 0 saturated carbocycles. The second-order valence-corrected chi connectivity index (χ2v) is 9.32. The molecule has 0 aliphatic carbocycles. The van der Waals surface area contributed by atoms with Gasteiger partial charge in [-0.25, -0.2) is 4.98 Å². The smallest absolute Gasteiger partial charge is 0.104 e. The van der Waals surface area contributed by atoms with E-state index in [1.165, 1.54) is 47.2 Å². The molecule has 31 heavy (non-hydrogen) atoms. The molecule has 166 valence electrons. The van der Waals surface area contributed by atoms with Crippen molar-refractivity contribution in [3.63, 3.8) is 0 Å². The molecule has 1 aromatic heterocycles. The van der Waals surface area contributed by atoms with Crippen LogP contribution in [-0.4, -0.2) is 21.4 Å². The van der Waals surface area contributed by atoms with Gasteiger partial charge in [-0.3, -0.25) is 0 Å². The molecule has 1 heterocycles. The van der Waals surface area contributed by atoms with Crippen molar-refractivity contribution in [3.05, 3.63) is 65.6 Å². The van der Waals surface area contributed by atoms with Gasteiger partial charge < -0.3 is 9.88 Å². The standard InChI is InChI=1S/C28H39N3/c1-7-16-31(22(5)11-9-8-10-20(2)3)19-26-17-24(13-12-21(26)4)25-14-15-27-28(18-25)30-23(6)29-27/h12-15,17-18,20H,5,7-11,16,19H2,1-4,6H3,(H,29,30). The molecule has 0 aliphatic rings. The molecule has 2 aromatic carbocycles. The second kappa shape index (κ2) is 10.7. The lowest BCUT2D eigenvalue weighted by molar-refractivity contribution is 0.322. The van der Waals surface area contributed by atoms with Crippen molar-refractivity contribution >= 4 is 11.0 Å². The number of H-pyrrole nitrogens is 1. The molecule has 3 nitrogen and oxygen atoms in total. The third-order valence-electron chi connectivity index (χ3n) is 6.08. The fourth-order valence-corrected chi connectivity index (χ4v) is 4.20. The van der Waals surface area contributed by atoms with Gasteiger partial charge in [0.15, 0.2) is 0 Å². The van der Waals surface area contributed by atoms with Gasteiger partial charge in [-0.15, -0.1) is 0 Å². The van der Waals surface area contributed by atoms with Gasteiger partial charge in [0, 0.05) is 18.8 Å². The van der Waals surface area contributed by atoms with Crippen molar-refractivity contribution in [2.45, 2.75) is 73.3 Å². The Labute approximate surface area is 188 Å². The number of nitrogens with zero attached hydrogens (tertiary/aromatic N) is 2. The van der Waals surface area contributed by atoms with Gasteiger partial charge in [-0.05, 0) is 79.5 Å². The summed E-state index contributed by atoms with van der Waals surface area (Å²) in [6.45, 7) is 17.5. The Bertz CT molecular complexity index is 1010. The first kappa shape index (κ1) is 23.1. The van der Waals surface area contributed by atoms with Crippen molar-refractivity contribution in [1.29, 1.82) is 0 Å². The minimum Gasteiger partial charge on any atom is -0.371 e. The Morgan fingerprint density at radius 2 is 1.81 bits per heavy atom. The van der Waals surface area contributed by atoms with Crippen LogP contribution in [0.3, 0.4) is 0 Å². The molecule has 1 N–H and O–H groups in total. The van der Waals surface area contributed by atoms with Gasteiger partial charge in [-0.2, -0.15) is 0 Å². The normalized spacial score (nSPS) is 11.4. The summed E-state index contributed by atoms with van der Waals surface area (Å²) >= 11 is 0. The van der Waals surface area contributed by atoms with Crippen molar-refractivity contribution in [2.75, 3.05) is 6.54 Å². The molecule has 0 radical (unpaired) electrons. The van der Waals surface area contributed by atoms with Crippen LogP contribution in [0.15, 0.2) is 48.7 Å². The summed E-state index contributed by atoms with van der Waals surface area (Å²) in [6.07, 6.45) is 6.07. The average molecular weight is 418 g/mol. The van der Waals surface area contributed by atoms with E-state index in [1.54, 1.807) is 0 Å². The van der Waals surface area contributed by atoms with Crippen molar-refractivity contribution < 1.29 is 0 Å². The number of benzene rings is 2. The number of hydrogen-bond donors (Lipinski definition) is 1. The highest BCUT2D eigenvalue weighted by Gasteiger charge is 2.12. The number of rotatable bonds is 11. The maximum absolute atomic E-state index is 4.53. The van der Waals surface area contributed by atoms with E-state index in [0.29, 0.717) is 0 Å². The number of aryl methyl sites for hydroxylation is 2. The molecular weight excluding hydrogens is 378 g/mol. The van der Waals surface area contributed by atoms with Crippen LogP contribution in [0.25, 0.3) is 22.2 Å². The van der Waals surface area contributed by atoms with Crippen molar-refractivity contribution in [3.8, 4) is 11.1 Å². The maximum Gasteiger partial charge on any atom is 0.104 e. The summed E-state index contributed by atoms with van der Waals surface area (Å²) in [4.78, 5) is 10.4. The third kappa shape index (κ3) is 6.22. The predicted octanol–water partition coefficient (Wildman–Crippen LogP) is 7.79. The molecule has 3 rings (SSSR count). The quantitative estimate of drug-likeness (QED) is 0.323. The van der Waals surface area contributed by atoms with E-state index in [4.69, 9.17) is 0 Å². The van der Waals surface area contributed by atoms with Crippen LogP contribution in [0.5, 0.6) is 0 Å². The Kier molecular flexibility index (Phi) is 7.95. The first-order valence-electron chi connectivity index (χ1n) is 11.9. The van der Waals surface area contributed by atoms with E-state index in [0.717, 1.165) is 48.7 Å². The highest BCUT2D eigenvalue weighted by atomic mass is 15.1. The highest BCUT2D eigenvalue weighted by Crippen LogP contribution is 2.27. The summed E-state index contributed by atoms with van der Waals surface area (Å²) in [6, 6.07) is 13.3. The predicted molar refractivity (Wildman–Crippen MR) is 134 cm³/mol. The van der Waals surface area contributed by atoms with Crippen molar-refractivity contribution in [1.82, 2.24) is 14.9 Å². The number of imidazole rings is 1. The van der Waals surface area contributed by atoms with Crippen LogP contribution >= 0.6 is 0 Å². The molecule has 3 heteroatoms. The van der Waals surface area contributed by atoms with E-state index >= 15 is 0 Å². The molecule has 0 bridgehead atoms. The lowest BCUT2D eigenvalue weighted by Gasteiger charge is -2.28. The first-order chi connectivity index (χ1) is 14.9. The zero-order valence-corrected chi connectivity index (χ0v) is 20.1. The lowest BCUT2D eigenvalue weighted by atomic mass is 9.98. The number of aromatic amines is 1. The molecule has 0 unspecified atom stereocenters. The Hall–Kier alpha value is -2.55. The lowest BCUT2D eigenvalue weighted by Crippen LogP contribution is -2.23. The molecule has 0 aliphatic heterocycles. The molecule has 3 aromatic rings. The van der Waals surface area contributed by atoms with E-state index in [-0.39, 0.29) is 0 Å². The fourth-order valence-electron chi connectivity index (χ4n) is 4.20. The summed E-state index contributed by atoms with van der Waals surface area (Å²) in [5.74, 6) is 1.74. The highest BCUT2D eigenvalue weighted by molar-refractivity contribution is 5.82. The first-order valence-corrected chi connectivity index (χ1v) is 11.9. The molecular formula is C28H39N3. The molecule has 0 saturated heterocycles. The minimum atomic E-state index is 0.787. The minimum absolute atomic E-state index is 0.787. The summed E-state index contributed by atoms with van der Waals surface area (Å²) in [5.41, 5.74) is 8.62. The summed E-state index contributed by atoms with van der Waals surface area (Å²) in [5, 5.41) is 0. The largest absolute Gasteiger partial charge is 0.371 e. The second-order valence-electron chi connectivity index (χ2n) is 9.32. The van der Waals surface area contributed by atoms with E-state index in [2.05, 4.69) is 85.5 Å². The van der Waals surface area contributed by atoms with Gasteiger partial charge >= 0.3 is 0 Å². The molecule has 0 spiro atoms. The van der Waals surface area contributed by atoms with E-state index < -0.39 is 0 Å². The third-order valence-corrected chi connectivity index (χ3v) is 6.08. The summed E-state index contributed by atoms with van der Waals surface area (Å²) in [7, 11) is 0. The Balaban J connectivity index is 1.76. The van der Waals surface area contributed by atoms with Crippen LogP contribution in [0, 0.1) is 19.8 Å². The van der Waals surface area contributed by atoms with Gasteiger partial charge in [0.2, 0.25) is 0 Å². The van der Waals surface area contributed by atoms with Crippen LogP contribution in [0.2, 0.25) is 0 Å². The number of allylic oxidation sites excluding steroid dienone is 1. The van der Waals surface area contributed by atoms with Gasteiger partial charge in [0.25, 0.3) is 0 Å². The molecule has 0 atom stereocenters. The van der Waals surface area contributed by atoms with Gasteiger partial charge in [0.1, 0.15) is 5.82 Å². The number of aromatic nitrogens is 2. The Morgan fingerprint density at radius 3 is 2.55 bits per heavy atom. The van der Waals surface area contributed by atoms with E-state index in [9.17, 15) is 0 Å². The zero-order valence-electron chi connectivity index (χ0n) is 20.1. The van der Waals surface area contributed by atoms with Crippen LogP contribution in [0.1, 0.15) is 69.8 Å². The van der Waals surface area contributed by atoms with Crippen LogP contribution in [0.4, 0.5) is 0 Å². The zero-order chi connectivity index (χ0) is 22.4. The topological polar surface area (TPSA) is 31.9 Å². The fraction of sp³-hybridized carbons (Fsp3) is 0.464. The monoisotopic (exact) mass is 417 g/mol. The SMILES string of the molecule is C=C(CCCCC(C)C)N(CCC)Cc1cc(-c2ccc3nc(C)[nH]c3c2)ccc1C. The van der Waals surface area contributed by atoms with Crippen LogP contribution in [-0.2, 0) is 6.54 Å².